The van der Waals surface area contributed by atoms with Crippen molar-refractivity contribution < 1.29 is 0 Å². The molecule has 0 aliphatic heterocycles. The molecule has 88 valence electrons. The van der Waals surface area contributed by atoms with Gasteiger partial charge in [0.2, 0.25) is 0 Å². The Morgan fingerprint density at radius 3 is 2.88 bits per heavy atom. The van der Waals surface area contributed by atoms with Gasteiger partial charge in [-0.25, -0.2) is 0 Å². The van der Waals surface area contributed by atoms with Crippen molar-refractivity contribution in [1.29, 1.82) is 0 Å². The molecule has 1 atom stereocenters. The number of rotatable bonds is 0. The van der Waals surface area contributed by atoms with E-state index in [0.717, 1.165) is 0 Å². The summed E-state index contributed by atoms with van der Waals surface area (Å²) in [6, 6.07) is 9.02. The largest absolute Gasteiger partial charge is 0.0839 e. The predicted octanol–water partition coefficient (Wildman–Crippen LogP) is 4.77. The van der Waals surface area contributed by atoms with Crippen LogP contribution in [0.3, 0.4) is 0 Å². The van der Waals surface area contributed by atoms with Gasteiger partial charge in [0.15, 0.2) is 0 Å². The van der Waals surface area contributed by atoms with Crippen LogP contribution >= 0.6 is 0 Å². The van der Waals surface area contributed by atoms with Crippen LogP contribution in [0, 0.1) is 0 Å². The molecule has 0 heterocycles. The van der Waals surface area contributed by atoms with Crippen LogP contribution in [0.4, 0.5) is 0 Å². The Morgan fingerprint density at radius 1 is 1.06 bits per heavy atom. The van der Waals surface area contributed by atoms with Gasteiger partial charge in [0.1, 0.15) is 0 Å². The minimum Gasteiger partial charge on any atom is -0.0839 e. The van der Waals surface area contributed by atoms with Crippen molar-refractivity contribution in [2.75, 3.05) is 0 Å². The summed E-state index contributed by atoms with van der Waals surface area (Å²) in [5.41, 5.74) is 6.45. The molecule has 0 saturated carbocycles. The van der Waals surface area contributed by atoms with Crippen LogP contribution in [0.1, 0.15) is 49.7 Å². The average Bonchev–Trinajstić information content (AvgIpc) is 2.37. The first-order chi connectivity index (χ1) is 8.36. The highest BCUT2D eigenvalue weighted by atomic mass is 14.3. The van der Waals surface area contributed by atoms with Crippen LogP contribution < -0.4 is 0 Å². The Bertz CT molecular complexity index is 477. The number of hydrogen-bond acceptors (Lipinski definition) is 0. The molecule has 1 aromatic rings. The monoisotopic (exact) mass is 224 g/mol. The van der Waals surface area contributed by atoms with E-state index in [9.17, 15) is 0 Å². The lowest BCUT2D eigenvalue weighted by Crippen LogP contribution is -2.10. The third-order valence-electron chi connectivity index (χ3n) is 4.25. The summed E-state index contributed by atoms with van der Waals surface area (Å²) in [6.07, 6.45) is 11.0. The maximum Gasteiger partial charge on any atom is 0.00284 e. The van der Waals surface area contributed by atoms with Gasteiger partial charge in [-0.2, -0.15) is 0 Å². The Morgan fingerprint density at radius 2 is 1.94 bits per heavy atom. The van der Waals surface area contributed by atoms with Crippen molar-refractivity contribution in [3.8, 4) is 0 Å². The maximum atomic E-state index is 2.39. The Balaban J connectivity index is 2.08. The zero-order valence-corrected chi connectivity index (χ0v) is 10.6. The fourth-order valence-electron chi connectivity index (χ4n) is 3.31. The molecule has 0 N–H and O–H groups in total. The van der Waals surface area contributed by atoms with Gasteiger partial charge in [-0.3, -0.25) is 0 Å². The second-order valence-electron chi connectivity index (χ2n) is 5.27. The van der Waals surface area contributed by atoms with Crippen molar-refractivity contribution in [3.05, 3.63) is 58.7 Å². The zero-order valence-electron chi connectivity index (χ0n) is 10.6. The first kappa shape index (κ1) is 10.8. The van der Waals surface area contributed by atoms with E-state index in [4.69, 9.17) is 0 Å². The topological polar surface area (TPSA) is 0 Å². The van der Waals surface area contributed by atoms with E-state index in [-0.39, 0.29) is 0 Å². The Kier molecular flexibility index (Phi) is 2.88. The van der Waals surface area contributed by atoms with E-state index in [2.05, 4.69) is 43.3 Å². The summed E-state index contributed by atoms with van der Waals surface area (Å²) in [4.78, 5) is 0. The molecule has 0 amide bonds. The zero-order chi connectivity index (χ0) is 11.7. The number of benzene rings is 1. The highest BCUT2D eigenvalue weighted by molar-refractivity contribution is 5.42. The van der Waals surface area contributed by atoms with E-state index >= 15 is 0 Å². The molecule has 3 rings (SSSR count). The van der Waals surface area contributed by atoms with Crippen LogP contribution in [-0.2, 0) is 6.42 Å². The van der Waals surface area contributed by atoms with E-state index in [1.807, 2.05) is 0 Å². The van der Waals surface area contributed by atoms with E-state index < -0.39 is 0 Å². The number of hydrogen-bond donors (Lipinski definition) is 0. The molecule has 0 spiro atoms. The summed E-state index contributed by atoms with van der Waals surface area (Å²) >= 11 is 0. The van der Waals surface area contributed by atoms with Crippen molar-refractivity contribution >= 4 is 0 Å². The van der Waals surface area contributed by atoms with E-state index in [0.29, 0.717) is 5.92 Å². The fraction of sp³-hybridized carbons (Fsp3) is 0.412. The van der Waals surface area contributed by atoms with Gasteiger partial charge in [-0.05, 0) is 48.8 Å². The van der Waals surface area contributed by atoms with Crippen LogP contribution in [0.15, 0.2) is 47.6 Å². The molecule has 0 aromatic heterocycles. The van der Waals surface area contributed by atoms with Crippen molar-refractivity contribution in [3.63, 3.8) is 0 Å². The second kappa shape index (κ2) is 4.52. The van der Waals surface area contributed by atoms with Gasteiger partial charge in [0, 0.05) is 5.92 Å². The second-order valence-corrected chi connectivity index (χ2v) is 5.27. The molecule has 0 fully saturated rings. The van der Waals surface area contributed by atoms with Gasteiger partial charge < -0.3 is 0 Å². The summed E-state index contributed by atoms with van der Waals surface area (Å²) in [5.74, 6) is 0.617. The molecule has 2 aliphatic carbocycles. The smallest absolute Gasteiger partial charge is 0.00284 e. The third-order valence-corrected chi connectivity index (χ3v) is 4.25. The van der Waals surface area contributed by atoms with Crippen molar-refractivity contribution in [2.24, 2.45) is 0 Å². The van der Waals surface area contributed by atoms with Gasteiger partial charge in [-0.1, -0.05) is 48.9 Å². The molecule has 0 bridgehead atoms. The van der Waals surface area contributed by atoms with Gasteiger partial charge in [0.05, 0.1) is 0 Å². The summed E-state index contributed by atoms with van der Waals surface area (Å²) < 4.78 is 0. The lowest BCUT2D eigenvalue weighted by atomic mass is 9.78. The number of fused-ring (bicyclic) bond motifs is 1. The third kappa shape index (κ3) is 1.97. The van der Waals surface area contributed by atoms with Crippen molar-refractivity contribution in [1.82, 2.24) is 0 Å². The van der Waals surface area contributed by atoms with E-state index in [1.54, 1.807) is 22.3 Å². The van der Waals surface area contributed by atoms with Crippen LogP contribution in [0.2, 0.25) is 0 Å². The SMILES string of the molecule is CC1C2=C(C=CCC2)CCCc2ccccc21. The van der Waals surface area contributed by atoms with Crippen LogP contribution in [0.5, 0.6) is 0 Å². The van der Waals surface area contributed by atoms with Crippen LogP contribution in [0.25, 0.3) is 0 Å². The number of aryl methyl sites for hydroxylation is 1. The first-order valence-electron chi connectivity index (χ1n) is 6.82. The number of allylic oxidation sites excluding steroid dienone is 4. The summed E-state index contributed by atoms with van der Waals surface area (Å²) in [7, 11) is 0. The quantitative estimate of drug-likeness (QED) is 0.595. The lowest BCUT2D eigenvalue weighted by molar-refractivity contribution is 0.707. The van der Waals surface area contributed by atoms with Crippen molar-refractivity contribution in [2.45, 2.75) is 44.9 Å². The standard InChI is InChI=1S/C17H20/c1-13-16-11-4-2-7-14(16)9-6-10-15-8-3-5-12-17(13)15/h2-4,7-8,11,13H,5-6,9-10,12H2,1H3. The van der Waals surface area contributed by atoms with Gasteiger partial charge >= 0.3 is 0 Å². The van der Waals surface area contributed by atoms with E-state index in [1.165, 1.54) is 32.1 Å². The molecule has 1 aromatic carbocycles. The molecule has 1 unspecified atom stereocenters. The van der Waals surface area contributed by atoms with Gasteiger partial charge in [0.25, 0.3) is 0 Å². The molecule has 0 saturated heterocycles. The normalized spacial score (nSPS) is 23.7. The predicted molar refractivity (Wildman–Crippen MR) is 73.2 cm³/mol. The minimum atomic E-state index is 0.617. The first-order valence-corrected chi connectivity index (χ1v) is 6.82. The van der Waals surface area contributed by atoms with Gasteiger partial charge in [-0.15, -0.1) is 0 Å². The molecular weight excluding hydrogens is 204 g/mol. The lowest BCUT2D eigenvalue weighted by Gasteiger charge is -2.27. The molecule has 0 radical (unpaired) electrons. The molecule has 17 heavy (non-hydrogen) atoms. The fourth-order valence-corrected chi connectivity index (χ4v) is 3.31. The molecular formula is C17H20. The molecule has 0 heteroatoms. The highest BCUT2D eigenvalue weighted by Crippen LogP contribution is 2.38. The summed E-state index contributed by atoms with van der Waals surface area (Å²) in [6.45, 7) is 2.39. The summed E-state index contributed by atoms with van der Waals surface area (Å²) in [5, 5.41) is 0. The molecule has 2 aliphatic rings. The maximum absolute atomic E-state index is 2.39. The molecule has 0 nitrogen and oxygen atoms in total. The average molecular weight is 224 g/mol. The Hall–Kier alpha value is -1.30. The Labute approximate surface area is 104 Å². The highest BCUT2D eigenvalue weighted by Gasteiger charge is 2.20. The minimum absolute atomic E-state index is 0.617. The van der Waals surface area contributed by atoms with Crippen LogP contribution in [-0.4, -0.2) is 0 Å².